The molecule has 0 aliphatic heterocycles. The van der Waals surface area contributed by atoms with Gasteiger partial charge in [-0.2, -0.15) is 0 Å². The zero-order chi connectivity index (χ0) is 18.7. The van der Waals surface area contributed by atoms with Gasteiger partial charge in [-0.05, 0) is 35.9 Å². The van der Waals surface area contributed by atoms with Crippen LogP contribution in [0.2, 0.25) is 0 Å². The van der Waals surface area contributed by atoms with E-state index in [9.17, 15) is 0 Å². The van der Waals surface area contributed by atoms with Crippen LogP contribution in [0, 0.1) is 6.92 Å². The first-order chi connectivity index (χ1) is 13.8. The molecule has 28 heavy (non-hydrogen) atoms. The van der Waals surface area contributed by atoms with E-state index >= 15 is 0 Å². The summed E-state index contributed by atoms with van der Waals surface area (Å²) >= 11 is 0. The van der Waals surface area contributed by atoms with Crippen molar-refractivity contribution in [2.24, 2.45) is 0 Å². The van der Waals surface area contributed by atoms with Gasteiger partial charge in [0.05, 0.1) is 11.2 Å². The minimum Gasteiger partial charge on any atom is -0.455 e. The molecule has 0 fully saturated rings. The Morgan fingerprint density at radius 1 is 0.679 bits per heavy atom. The van der Waals surface area contributed by atoms with E-state index in [0.29, 0.717) is 0 Å². The third-order valence-electron chi connectivity index (χ3n) is 5.36. The Labute approximate surface area is 161 Å². The molecule has 0 unspecified atom stereocenters. The molecule has 2 heterocycles. The van der Waals surface area contributed by atoms with Crippen molar-refractivity contribution in [1.29, 1.82) is 0 Å². The molecule has 0 aliphatic carbocycles. The Balaban J connectivity index is 1.82. The molecular weight excluding hydrogens is 344 g/mol. The van der Waals surface area contributed by atoms with E-state index in [2.05, 4.69) is 60.7 Å². The number of rotatable bonds is 1. The molecule has 0 atom stereocenters. The van der Waals surface area contributed by atoms with Crippen molar-refractivity contribution >= 4 is 43.6 Å². The van der Waals surface area contributed by atoms with Crippen molar-refractivity contribution < 1.29 is 4.42 Å². The Morgan fingerprint density at radius 2 is 1.46 bits per heavy atom. The average Bonchev–Trinajstić information content (AvgIpc) is 3.11. The highest BCUT2D eigenvalue weighted by molar-refractivity contribution is 6.16. The summed E-state index contributed by atoms with van der Waals surface area (Å²) in [6, 6.07) is 27.0. The molecule has 3 nitrogen and oxygen atoms in total. The Hall–Kier alpha value is -3.72. The summed E-state index contributed by atoms with van der Waals surface area (Å²) in [6.45, 7) is 1.94. The number of para-hydroxylation sites is 2. The average molecular weight is 360 g/mol. The van der Waals surface area contributed by atoms with E-state index < -0.39 is 0 Å². The van der Waals surface area contributed by atoms with Crippen LogP contribution in [0.5, 0.6) is 0 Å². The SMILES string of the molecule is Cc1nc(-c2cccc3c2oc2ccccc23)c2c(ccc3ccccc32)n1. The molecule has 0 aliphatic rings. The third kappa shape index (κ3) is 2.10. The lowest BCUT2D eigenvalue weighted by atomic mass is 9.99. The highest BCUT2D eigenvalue weighted by atomic mass is 16.3. The molecule has 6 rings (SSSR count). The van der Waals surface area contributed by atoms with Gasteiger partial charge in [-0.1, -0.05) is 60.7 Å². The lowest BCUT2D eigenvalue weighted by Crippen LogP contribution is -1.95. The van der Waals surface area contributed by atoms with E-state index in [-0.39, 0.29) is 0 Å². The van der Waals surface area contributed by atoms with Gasteiger partial charge in [-0.3, -0.25) is 0 Å². The van der Waals surface area contributed by atoms with Gasteiger partial charge >= 0.3 is 0 Å². The fourth-order valence-corrected chi connectivity index (χ4v) is 4.15. The minimum atomic E-state index is 0.755. The molecule has 6 aromatic rings. The molecule has 0 spiro atoms. The van der Waals surface area contributed by atoms with Crippen LogP contribution in [0.15, 0.2) is 83.3 Å². The second-order valence-electron chi connectivity index (χ2n) is 7.08. The smallest absolute Gasteiger partial charge is 0.144 e. The maximum atomic E-state index is 6.28. The second kappa shape index (κ2) is 5.64. The zero-order valence-electron chi connectivity index (χ0n) is 15.3. The first kappa shape index (κ1) is 15.3. The second-order valence-corrected chi connectivity index (χ2v) is 7.08. The van der Waals surface area contributed by atoms with Gasteiger partial charge in [0.1, 0.15) is 17.0 Å². The molecule has 3 heteroatoms. The fraction of sp³-hybridized carbons (Fsp3) is 0.0400. The van der Waals surface area contributed by atoms with Crippen molar-refractivity contribution in [3.8, 4) is 11.3 Å². The van der Waals surface area contributed by atoms with Crippen LogP contribution in [-0.2, 0) is 0 Å². The number of furan rings is 1. The predicted octanol–water partition coefficient (Wildman–Crippen LogP) is 6.66. The van der Waals surface area contributed by atoms with E-state index in [1.807, 2.05) is 25.1 Å². The first-order valence-corrected chi connectivity index (χ1v) is 9.36. The van der Waals surface area contributed by atoms with Gasteiger partial charge in [0.25, 0.3) is 0 Å². The molecule has 0 amide bonds. The Bertz CT molecular complexity index is 1530. The molecular formula is C25H16N2O. The number of nitrogens with zero attached hydrogens (tertiary/aromatic N) is 2. The monoisotopic (exact) mass is 360 g/mol. The van der Waals surface area contributed by atoms with Crippen LogP contribution in [0.3, 0.4) is 0 Å². The molecule has 0 radical (unpaired) electrons. The lowest BCUT2D eigenvalue weighted by Gasteiger charge is -2.10. The summed E-state index contributed by atoms with van der Waals surface area (Å²) in [6.07, 6.45) is 0. The van der Waals surface area contributed by atoms with Crippen molar-refractivity contribution in [1.82, 2.24) is 9.97 Å². The number of hydrogen-bond acceptors (Lipinski definition) is 3. The topological polar surface area (TPSA) is 38.9 Å². The van der Waals surface area contributed by atoms with Crippen LogP contribution >= 0.6 is 0 Å². The fourth-order valence-electron chi connectivity index (χ4n) is 4.15. The van der Waals surface area contributed by atoms with Crippen molar-refractivity contribution in [2.45, 2.75) is 6.92 Å². The third-order valence-corrected chi connectivity index (χ3v) is 5.36. The van der Waals surface area contributed by atoms with Crippen molar-refractivity contribution in [2.75, 3.05) is 0 Å². The summed E-state index contributed by atoms with van der Waals surface area (Å²) < 4.78 is 6.28. The highest BCUT2D eigenvalue weighted by Crippen LogP contribution is 2.39. The van der Waals surface area contributed by atoms with Gasteiger partial charge < -0.3 is 4.42 Å². The lowest BCUT2D eigenvalue weighted by molar-refractivity contribution is 0.670. The summed E-state index contributed by atoms with van der Waals surface area (Å²) in [5, 5.41) is 5.64. The number of benzene rings is 4. The molecule has 0 bridgehead atoms. The quantitative estimate of drug-likeness (QED) is 0.308. The van der Waals surface area contributed by atoms with Crippen LogP contribution in [0.1, 0.15) is 5.82 Å². The molecule has 2 aromatic heterocycles. The van der Waals surface area contributed by atoms with Gasteiger partial charge in [-0.25, -0.2) is 9.97 Å². The van der Waals surface area contributed by atoms with E-state index in [1.165, 1.54) is 5.39 Å². The predicted molar refractivity (Wildman–Crippen MR) is 114 cm³/mol. The van der Waals surface area contributed by atoms with Crippen molar-refractivity contribution in [3.05, 3.63) is 84.7 Å². The van der Waals surface area contributed by atoms with E-state index in [0.717, 1.165) is 55.3 Å². The molecule has 0 saturated heterocycles. The van der Waals surface area contributed by atoms with E-state index in [4.69, 9.17) is 14.4 Å². The minimum absolute atomic E-state index is 0.755. The first-order valence-electron chi connectivity index (χ1n) is 9.36. The van der Waals surface area contributed by atoms with Gasteiger partial charge in [-0.15, -0.1) is 0 Å². The summed E-state index contributed by atoms with van der Waals surface area (Å²) in [5.74, 6) is 0.755. The number of fused-ring (bicyclic) bond motifs is 6. The van der Waals surface area contributed by atoms with Crippen LogP contribution < -0.4 is 0 Å². The summed E-state index contributed by atoms with van der Waals surface area (Å²) in [7, 11) is 0. The summed E-state index contributed by atoms with van der Waals surface area (Å²) in [5.41, 5.74) is 4.64. The van der Waals surface area contributed by atoms with Crippen LogP contribution in [0.25, 0.3) is 54.9 Å². The van der Waals surface area contributed by atoms with Crippen molar-refractivity contribution in [3.63, 3.8) is 0 Å². The standard InChI is InChI=1S/C25H16N2O/c1-15-26-21-14-13-16-7-2-3-8-17(16)23(21)24(27-15)20-11-6-10-19-18-9-4-5-12-22(18)28-25(19)20/h2-14H,1H3. The number of aryl methyl sites for hydroxylation is 1. The summed E-state index contributed by atoms with van der Waals surface area (Å²) in [4.78, 5) is 9.56. The molecule has 0 N–H and O–H groups in total. The number of hydrogen-bond donors (Lipinski definition) is 0. The molecule has 4 aromatic carbocycles. The Morgan fingerprint density at radius 3 is 2.39 bits per heavy atom. The zero-order valence-corrected chi connectivity index (χ0v) is 15.3. The highest BCUT2D eigenvalue weighted by Gasteiger charge is 2.17. The maximum absolute atomic E-state index is 6.28. The van der Waals surface area contributed by atoms with Gasteiger partial charge in [0, 0.05) is 21.7 Å². The van der Waals surface area contributed by atoms with Crippen LogP contribution in [-0.4, -0.2) is 9.97 Å². The Kier molecular flexibility index (Phi) is 3.09. The molecule has 0 saturated carbocycles. The number of aromatic nitrogens is 2. The van der Waals surface area contributed by atoms with Gasteiger partial charge in [0.15, 0.2) is 0 Å². The van der Waals surface area contributed by atoms with E-state index in [1.54, 1.807) is 0 Å². The maximum Gasteiger partial charge on any atom is 0.144 e. The molecule has 132 valence electrons. The normalized spacial score (nSPS) is 11.8. The largest absolute Gasteiger partial charge is 0.455 e. The van der Waals surface area contributed by atoms with Crippen LogP contribution in [0.4, 0.5) is 0 Å². The van der Waals surface area contributed by atoms with Gasteiger partial charge in [0.2, 0.25) is 0 Å².